The minimum absolute atomic E-state index is 0.598. The average molecular weight is 132 g/mol. The second-order valence-corrected chi connectivity index (χ2v) is 1.73. The van der Waals surface area contributed by atoms with Gasteiger partial charge in [0.2, 0.25) is 0 Å². The first kappa shape index (κ1) is 8.42. The van der Waals surface area contributed by atoms with Crippen molar-refractivity contribution < 1.29 is 8.78 Å². The summed E-state index contributed by atoms with van der Waals surface area (Å²) in [6, 6.07) is 0. The molecule has 52 valence electrons. The number of unbranched alkanes of at least 4 members (excludes halogenated alkanes) is 2. The van der Waals surface area contributed by atoms with Gasteiger partial charge >= 0.3 is 0 Å². The van der Waals surface area contributed by atoms with Crippen molar-refractivity contribution in [2.24, 2.45) is 0 Å². The van der Waals surface area contributed by atoms with Crippen LogP contribution in [0.1, 0.15) is 26.2 Å². The molecular formula is C7H10F2. The van der Waals surface area contributed by atoms with Gasteiger partial charge in [-0.2, -0.15) is 8.78 Å². The fourth-order valence-corrected chi connectivity index (χ4v) is 0.414. The normalized spacial score (nSPS) is 8.89. The zero-order valence-corrected chi connectivity index (χ0v) is 5.45. The third-order valence-electron chi connectivity index (χ3n) is 0.867. The minimum atomic E-state index is -2.46. The van der Waals surface area contributed by atoms with Gasteiger partial charge in [-0.1, -0.05) is 19.3 Å². The van der Waals surface area contributed by atoms with Crippen molar-refractivity contribution in [3.63, 3.8) is 0 Å². The molecule has 0 atom stereocenters. The van der Waals surface area contributed by atoms with Gasteiger partial charge in [-0.05, 0) is 12.3 Å². The van der Waals surface area contributed by atoms with Crippen LogP contribution in [0.5, 0.6) is 0 Å². The van der Waals surface area contributed by atoms with Crippen molar-refractivity contribution in [1.29, 1.82) is 0 Å². The van der Waals surface area contributed by atoms with Crippen LogP contribution in [0.25, 0.3) is 0 Å². The zero-order valence-electron chi connectivity index (χ0n) is 5.45. The van der Waals surface area contributed by atoms with Crippen LogP contribution in [0.15, 0.2) is 0 Å². The van der Waals surface area contributed by atoms with Crippen LogP contribution in [0.3, 0.4) is 0 Å². The Morgan fingerprint density at radius 3 is 2.56 bits per heavy atom. The van der Waals surface area contributed by atoms with E-state index in [4.69, 9.17) is 0 Å². The van der Waals surface area contributed by atoms with Crippen molar-refractivity contribution >= 4 is 0 Å². The first-order chi connectivity index (χ1) is 4.27. The van der Waals surface area contributed by atoms with Gasteiger partial charge in [-0.15, -0.1) is 0 Å². The van der Waals surface area contributed by atoms with Gasteiger partial charge in [-0.25, -0.2) is 0 Å². The summed E-state index contributed by atoms with van der Waals surface area (Å²) in [7, 11) is 0. The third kappa shape index (κ3) is 7.42. The predicted molar refractivity (Wildman–Crippen MR) is 33.3 cm³/mol. The predicted octanol–water partition coefficient (Wildman–Crippen LogP) is 2.45. The van der Waals surface area contributed by atoms with E-state index in [0.717, 1.165) is 12.8 Å². The van der Waals surface area contributed by atoms with E-state index in [0.29, 0.717) is 6.42 Å². The lowest BCUT2D eigenvalue weighted by atomic mass is 10.2. The molecule has 0 aromatic heterocycles. The molecule has 0 bridgehead atoms. The maximum Gasteiger partial charge on any atom is 0.298 e. The van der Waals surface area contributed by atoms with Gasteiger partial charge in [0, 0.05) is 6.42 Å². The summed E-state index contributed by atoms with van der Waals surface area (Å²) in [4.78, 5) is 0. The lowest BCUT2D eigenvalue weighted by Gasteiger charge is -1.83. The molecule has 9 heavy (non-hydrogen) atoms. The molecular weight excluding hydrogens is 122 g/mol. The number of alkyl halides is 2. The van der Waals surface area contributed by atoms with E-state index < -0.39 is 6.43 Å². The van der Waals surface area contributed by atoms with Crippen LogP contribution in [0.2, 0.25) is 0 Å². The molecule has 0 aliphatic rings. The average Bonchev–Trinajstić information content (AvgIpc) is 1.80. The van der Waals surface area contributed by atoms with Crippen LogP contribution in [-0.2, 0) is 0 Å². The second-order valence-electron chi connectivity index (χ2n) is 1.73. The van der Waals surface area contributed by atoms with Crippen molar-refractivity contribution in [2.45, 2.75) is 32.6 Å². The fraction of sp³-hybridized carbons (Fsp3) is 0.714. The van der Waals surface area contributed by atoms with Gasteiger partial charge in [-0.3, -0.25) is 0 Å². The first-order valence-corrected chi connectivity index (χ1v) is 3.04. The van der Waals surface area contributed by atoms with Crippen molar-refractivity contribution in [3.8, 4) is 11.8 Å². The van der Waals surface area contributed by atoms with Crippen molar-refractivity contribution in [2.75, 3.05) is 0 Å². The Bertz CT molecular complexity index is 108. The molecule has 0 spiro atoms. The standard InChI is InChI=1S/C7H10F2/c1-2-3-4-5-6-7(8)9/h7H,2-4H2,1H3. The number of hydrogen-bond acceptors (Lipinski definition) is 0. The highest BCUT2D eigenvalue weighted by Crippen LogP contribution is 1.92. The van der Waals surface area contributed by atoms with Crippen LogP contribution in [-0.4, -0.2) is 6.43 Å². The van der Waals surface area contributed by atoms with Gasteiger partial charge in [0.25, 0.3) is 6.43 Å². The first-order valence-electron chi connectivity index (χ1n) is 3.04. The highest BCUT2D eigenvalue weighted by atomic mass is 19.3. The minimum Gasteiger partial charge on any atom is -0.196 e. The lowest BCUT2D eigenvalue weighted by molar-refractivity contribution is 0.215. The van der Waals surface area contributed by atoms with E-state index in [9.17, 15) is 8.78 Å². The molecule has 0 aromatic carbocycles. The van der Waals surface area contributed by atoms with E-state index in [-0.39, 0.29) is 0 Å². The maximum atomic E-state index is 11.3. The lowest BCUT2D eigenvalue weighted by Crippen LogP contribution is -1.80. The number of hydrogen-bond donors (Lipinski definition) is 0. The molecule has 0 aliphatic heterocycles. The van der Waals surface area contributed by atoms with Crippen molar-refractivity contribution in [3.05, 3.63) is 0 Å². The van der Waals surface area contributed by atoms with E-state index in [1.807, 2.05) is 6.92 Å². The molecule has 0 saturated heterocycles. The highest BCUT2D eigenvalue weighted by Gasteiger charge is 1.89. The van der Waals surface area contributed by atoms with E-state index in [1.54, 1.807) is 5.92 Å². The second kappa shape index (κ2) is 5.55. The maximum absolute atomic E-state index is 11.3. The van der Waals surface area contributed by atoms with Crippen LogP contribution in [0.4, 0.5) is 8.78 Å². The molecule has 0 aromatic rings. The summed E-state index contributed by atoms with van der Waals surface area (Å²) in [6.07, 6.45) is 0.0697. The van der Waals surface area contributed by atoms with Crippen LogP contribution < -0.4 is 0 Å². The molecule has 0 saturated carbocycles. The Hall–Kier alpha value is -0.580. The zero-order chi connectivity index (χ0) is 7.11. The van der Waals surface area contributed by atoms with E-state index in [1.165, 1.54) is 0 Å². The highest BCUT2D eigenvalue weighted by molar-refractivity contribution is 5.00. The number of halogens is 2. The molecule has 0 radical (unpaired) electrons. The molecule has 0 aliphatic carbocycles. The Labute approximate surface area is 54.3 Å². The summed E-state index contributed by atoms with van der Waals surface area (Å²) in [5, 5.41) is 0. The number of rotatable bonds is 2. The van der Waals surface area contributed by atoms with E-state index in [2.05, 4.69) is 5.92 Å². The topological polar surface area (TPSA) is 0 Å². The SMILES string of the molecule is CCCCC#CC(F)F. The fourth-order valence-electron chi connectivity index (χ4n) is 0.414. The summed E-state index contributed by atoms with van der Waals surface area (Å²) in [5.74, 6) is 4.18. The molecule has 2 heteroatoms. The van der Waals surface area contributed by atoms with Gasteiger partial charge in [0.1, 0.15) is 0 Å². The van der Waals surface area contributed by atoms with Gasteiger partial charge in [0.05, 0.1) is 0 Å². The summed E-state index contributed by atoms with van der Waals surface area (Å²) in [6.45, 7) is 2.00. The molecule has 0 nitrogen and oxygen atoms in total. The largest absolute Gasteiger partial charge is 0.298 e. The van der Waals surface area contributed by atoms with Gasteiger partial charge < -0.3 is 0 Å². The molecule has 0 unspecified atom stereocenters. The Morgan fingerprint density at radius 1 is 1.44 bits per heavy atom. The smallest absolute Gasteiger partial charge is 0.196 e. The molecule has 0 rings (SSSR count). The summed E-state index contributed by atoms with van der Waals surface area (Å²) < 4.78 is 22.6. The summed E-state index contributed by atoms with van der Waals surface area (Å²) in [5.41, 5.74) is 0. The van der Waals surface area contributed by atoms with Crippen LogP contribution >= 0.6 is 0 Å². The van der Waals surface area contributed by atoms with Crippen LogP contribution in [0, 0.1) is 11.8 Å². The van der Waals surface area contributed by atoms with Crippen molar-refractivity contribution in [1.82, 2.24) is 0 Å². The van der Waals surface area contributed by atoms with Gasteiger partial charge in [0.15, 0.2) is 0 Å². The van der Waals surface area contributed by atoms with E-state index >= 15 is 0 Å². The molecule has 0 N–H and O–H groups in total. The molecule has 0 fully saturated rings. The summed E-state index contributed by atoms with van der Waals surface area (Å²) >= 11 is 0. The monoisotopic (exact) mass is 132 g/mol. The molecule has 0 heterocycles. The Morgan fingerprint density at radius 2 is 2.11 bits per heavy atom. The third-order valence-corrected chi connectivity index (χ3v) is 0.867. The molecule has 0 amide bonds. The quantitative estimate of drug-likeness (QED) is 0.400. The Kier molecular flexibility index (Phi) is 5.20. The Balaban J connectivity index is 3.16.